The number of amides is 2. The van der Waals surface area contributed by atoms with Gasteiger partial charge in [0.1, 0.15) is 6.61 Å². The lowest BCUT2D eigenvalue weighted by atomic mass is 9.95. The summed E-state index contributed by atoms with van der Waals surface area (Å²) in [6.45, 7) is 2.00. The predicted octanol–water partition coefficient (Wildman–Crippen LogP) is 2.86. The van der Waals surface area contributed by atoms with Gasteiger partial charge in [-0.05, 0) is 30.2 Å². The summed E-state index contributed by atoms with van der Waals surface area (Å²) in [5.41, 5.74) is 2.34. The van der Waals surface area contributed by atoms with Crippen LogP contribution >= 0.6 is 0 Å². The molecule has 1 aliphatic heterocycles. The molecule has 1 heterocycles. The Morgan fingerprint density at radius 3 is 2.29 bits per heavy atom. The van der Waals surface area contributed by atoms with Crippen LogP contribution in [0.4, 0.5) is 4.79 Å². The molecule has 0 aliphatic carbocycles. The molecule has 0 aromatic heterocycles. The summed E-state index contributed by atoms with van der Waals surface area (Å²) >= 11 is 0. The Morgan fingerprint density at radius 1 is 0.935 bits per heavy atom. The van der Waals surface area contributed by atoms with Gasteiger partial charge < -0.3 is 24.8 Å². The summed E-state index contributed by atoms with van der Waals surface area (Å²) in [5.74, 6) is -1.18. The molecule has 0 saturated heterocycles. The molecule has 3 rings (SSSR count). The van der Waals surface area contributed by atoms with Gasteiger partial charge in [-0.3, -0.25) is 0 Å². The first-order chi connectivity index (χ1) is 15.0. The first-order valence-corrected chi connectivity index (χ1v) is 9.81. The molecule has 0 radical (unpaired) electrons. The summed E-state index contributed by atoms with van der Waals surface area (Å²) in [6, 6.07) is 14.6. The minimum absolute atomic E-state index is 0.165. The second kappa shape index (κ2) is 10.4. The zero-order valence-electron chi connectivity index (χ0n) is 17.3. The number of hydrogen-bond donors (Lipinski definition) is 2. The maximum atomic E-state index is 12.7. The highest BCUT2D eigenvalue weighted by Gasteiger charge is 2.34. The van der Waals surface area contributed by atoms with Gasteiger partial charge in [-0.15, -0.1) is 0 Å². The molecule has 0 fully saturated rings. The van der Waals surface area contributed by atoms with E-state index in [9.17, 15) is 14.4 Å². The molecule has 2 aromatic carbocycles. The number of rotatable bonds is 8. The highest BCUT2D eigenvalue weighted by molar-refractivity contribution is 5.95. The Balaban J connectivity index is 1.84. The van der Waals surface area contributed by atoms with Crippen molar-refractivity contribution in [2.75, 3.05) is 20.3 Å². The average molecular weight is 424 g/mol. The van der Waals surface area contributed by atoms with Crippen LogP contribution in [0.3, 0.4) is 0 Å². The fourth-order valence-electron chi connectivity index (χ4n) is 3.20. The molecule has 8 heteroatoms. The van der Waals surface area contributed by atoms with Crippen molar-refractivity contribution in [3.8, 4) is 0 Å². The molecule has 0 unspecified atom stereocenters. The van der Waals surface area contributed by atoms with Gasteiger partial charge in [-0.1, -0.05) is 42.5 Å². The Kier molecular flexibility index (Phi) is 7.40. The third kappa shape index (κ3) is 5.49. The van der Waals surface area contributed by atoms with E-state index in [1.807, 2.05) is 6.07 Å². The number of methoxy groups -OCH3 is 1. The molecule has 1 atom stereocenters. The lowest BCUT2D eigenvalue weighted by Crippen LogP contribution is -2.47. The third-order valence-electron chi connectivity index (χ3n) is 4.63. The topological polar surface area (TPSA) is 103 Å². The second-order valence-corrected chi connectivity index (χ2v) is 6.76. The van der Waals surface area contributed by atoms with Gasteiger partial charge in [0.2, 0.25) is 0 Å². The van der Waals surface area contributed by atoms with Gasteiger partial charge in [0.05, 0.1) is 36.1 Å². The summed E-state index contributed by atoms with van der Waals surface area (Å²) in [7, 11) is 1.59. The molecule has 31 heavy (non-hydrogen) atoms. The van der Waals surface area contributed by atoms with E-state index < -0.39 is 24.0 Å². The lowest BCUT2D eigenvalue weighted by molar-refractivity contribution is -0.139. The van der Waals surface area contributed by atoms with E-state index in [2.05, 4.69) is 10.6 Å². The van der Waals surface area contributed by atoms with E-state index in [0.29, 0.717) is 17.7 Å². The predicted molar refractivity (Wildman–Crippen MR) is 112 cm³/mol. The number of ether oxygens (including phenoxy) is 3. The molecule has 2 amide bonds. The smallest absolute Gasteiger partial charge is 0.338 e. The highest BCUT2D eigenvalue weighted by atomic mass is 16.5. The van der Waals surface area contributed by atoms with Gasteiger partial charge >= 0.3 is 18.0 Å². The summed E-state index contributed by atoms with van der Waals surface area (Å²) in [4.78, 5) is 37.4. The van der Waals surface area contributed by atoms with Crippen molar-refractivity contribution in [3.05, 3.63) is 82.6 Å². The van der Waals surface area contributed by atoms with Crippen LogP contribution in [0.2, 0.25) is 0 Å². The van der Waals surface area contributed by atoms with Crippen LogP contribution < -0.4 is 10.6 Å². The maximum absolute atomic E-state index is 12.7. The van der Waals surface area contributed by atoms with Crippen LogP contribution in [0.5, 0.6) is 0 Å². The van der Waals surface area contributed by atoms with Crippen molar-refractivity contribution in [2.24, 2.45) is 0 Å². The molecule has 8 nitrogen and oxygen atoms in total. The van der Waals surface area contributed by atoms with Crippen molar-refractivity contribution < 1.29 is 28.6 Å². The Hall–Kier alpha value is -3.65. The first-order valence-electron chi connectivity index (χ1n) is 9.81. The standard InChI is InChI=1S/C23H24N2O6/c1-3-30-22(27)19-18(24-23(28)25-20(19)16-7-5-4-6-8-16)14-31-21(26)17-11-9-15(10-12-17)13-29-2/h4-12,20H,3,13-14H2,1-2H3,(H2,24,25,28)/t20-/m1/s1. The highest BCUT2D eigenvalue weighted by Crippen LogP contribution is 2.28. The number of carbonyl (C=O) groups excluding carboxylic acids is 3. The lowest BCUT2D eigenvalue weighted by Gasteiger charge is -2.29. The molecular weight excluding hydrogens is 400 g/mol. The quantitative estimate of drug-likeness (QED) is 0.632. The number of hydrogen-bond acceptors (Lipinski definition) is 6. The molecule has 0 saturated carbocycles. The van der Waals surface area contributed by atoms with Gasteiger partial charge in [0.25, 0.3) is 0 Å². The minimum Gasteiger partial charge on any atom is -0.463 e. The second-order valence-electron chi connectivity index (χ2n) is 6.76. The zero-order valence-corrected chi connectivity index (χ0v) is 17.3. The van der Waals surface area contributed by atoms with Crippen molar-refractivity contribution in [1.82, 2.24) is 10.6 Å². The maximum Gasteiger partial charge on any atom is 0.338 e. The number of carbonyl (C=O) groups is 3. The average Bonchev–Trinajstić information content (AvgIpc) is 2.78. The van der Waals surface area contributed by atoms with Gasteiger partial charge in [0, 0.05) is 7.11 Å². The van der Waals surface area contributed by atoms with Crippen molar-refractivity contribution >= 4 is 18.0 Å². The largest absolute Gasteiger partial charge is 0.463 e. The zero-order chi connectivity index (χ0) is 22.2. The molecule has 2 N–H and O–H groups in total. The van der Waals surface area contributed by atoms with Gasteiger partial charge in [-0.2, -0.15) is 0 Å². The monoisotopic (exact) mass is 424 g/mol. The van der Waals surface area contributed by atoms with Gasteiger partial charge in [0.15, 0.2) is 0 Å². The van der Waals surface area contributed by atoms with E-state index in [1.165, 1.54) is 0 Å². The van der Waals surface area contributed by atoms with E-state index in [4.69, 9.17) is 14.2 Å². The Labute approximate surface area is 180 Å². The number of benzene rings is 2. The van der Waals surface area contributed by atoms with E-state index >= 15 is 0 Å². The molecule has 162 valence electrons. The van der Waals surface area contributed by atoms with Crippen LogP contribution in [0.1, 0.15) is 34.5 Å². The van der Waals surface area contributed by atoms with E-state index in [1.54, 1.807) is 62.6 Å². The molecule has 0 spiro atoms. The van der Waals surface area contributed by atoms with Crippen molar-refractivity contribution in [1.29, 1.82) is 0 Å². The third-order valence-corrected chi connectivity index (χ3v) is 4.63. The molecular formula is C23H24N2O6. The SMILES string of the molecule is CCOC(=O)C1=C(COC(=O)c2ccc(COC)cc2)NC(=O)N[C@@H]1c1ccccc1. The molecule has 0 bridgehead atoms. The number of urea groups is 1. The van der Waals surface area contributed by atoms with Crippen molar-refractivity contribution in [3.63, 3.8) is 0 Å². The minimum atomic E-state index is -0.726. The molecule has 2 aromatic rings. The summed E-state index contributed by atoms with van der Waals surface area (Å²) < 4.78 is 15.6. The van der Waals surface area contributed by atoms with Gasteiger partial charge in [-0.25, -0.2) is 14.4 Å². The normalized spacial score (nSPS) is 15.7. The van der Waals surface area contributed by atoms with Crippen molar-refractivity contribution in [2.45, 2.75) is 19.6 Å². The number of nitrogens with one attached hydrogen (secondary N) is 2. The van der Waals surface area contributed by atoms with Crippen LogP contribution in [-0.2, 0) is 25.6 Å². The van der Waals surface area contributed by atoms with Crippen LogP contribution in [-0.4, -0.2) is 38.3 Å². The van der Waals surface area contributed by atoms with E-state index in [-0.39, 0.29) is 24.5 Å². The van der Waals surface area contributed by atoms with Crippen LogP contribution in [0, 0.1) is 0 Å². The van der Waals surface area contributed by atoms with Crippen LogP contribution in [0.15, 0.2) is 65.9 Å². The fraction of sp³-hybridized carbons (Fsp3) is 0.261. The van der Waals surface area contributed by atoms with Crippen LogP contribution in [0.25, 0.3) is 0 Å². The molecule has 1 aliphatic rings. The summed E-state index contributed by atoms with van der Waals surface area (Å²) in [6.07, 6.45) is 0. The number of esters is 2. The van der Waals surface area contributed by atoms with E-state index in [0.717, 1.165) is 5.56 Å². The Bertz CT molecular complexity index is 969. The first kappa shape index (κ1) is 22.0. The summed E-state index contributed by atoms with van der Waals surface area (Å²) in [5, 5.41) is 5.30. The fourth-order valence-corrected chi connectivity index (χ4v) is 3.20. The Morgan fingerprint density at radius 2 is 1.65 bits per heavy atom.